The number of ether oxygens (including phenoxy) is 2. The van der Waals surface area contributed by atoms with E-state index < -0.39 is 0 Å². The van der Waals surface area contributed by atoms with Crippen LogP contribution in [0.25, 0.3) is 10.8 Å². The molecule has 0 unspecified atom stereocenters. The summed E-state index contributed by atoms with van der Waals surface area (Å²) >= 11 is 1.59. The van der Waals surface area contributed by atoms with Gasteiger partial charge in [0.05, 0.1) is 19.8 Å². The fourth-order valence-corrected chi connectivity index (χ4v) is 4.72. The van der Waals surface area contributed by atoms with Crippen LogP contribution < -0.4 is 4.74 Å². The zero-order chi connectivity index (χ0) is 18.1. The van der Waals surface area contributed by atoms with Gasteiger partial charge in [0.15, 0.2) is 0 Å². The lowest BCUT2D eigenvalue weighted by atomic mass is 10.0. The van der Waals surface area contributed by atoms with Gasteiger partial charge in [0.1, 0.15) is 10.8 Å². The lowest BCUT2D eigenvalue weighted by Crippen LogP contribution is -2.03. The van der Waals surface area contributed by atoms with Crippen LogP contribution >= 0.6 is 11.3 Å². The second kappa shape index (κ2) is 6.92. The third-order valence-electron chi connectivity index (χ3n) is 4.75. The first-order valence-corrected chi connectivity index (χ1v) is 9.37. The van der Waals surface area contributed by atoms with E-state index in [1.165, 1.54) is 12.0 Å². The molecule has 0 amide bonds. The van der Waals surface area contributed by atoms with E-state index >= 15 is 0 Å². The smallest absolute Gasteiger partial charge is 0.341 e. The van der Waals surface area contributed by atoms with Gasteiger partial charge in [-0.2, -0.15) is 0 Å². The van der Waals surface area contributed by atoms with Crippen LogP contribution in [0.1, 0.15) is 32.8 Å². The minimum Gasteiger partial charge on any atom is -0.496 e. The Bertz CT molecular complexity index is 1020. The molecule has 1 heterocycles. The summed E-state index contributed by atoms with van der Waals surface area (Å²) in [7, 11) is 3.07. The fraction of sp³-hybridized carbons (Fsp3) is 0.238. The maximum atomic E-state index is 12.3. The first-order valence-electron chi connectivity index (χ1n) is 8.55. The number of rotatable bonds is 4. The molecule has 0 atom stereocenters. The van der Waals surface area contributed by atoms with Gasteiger partial charge in [-0.15, -0.1) is 11.3 Å². The first kappa shape index (κ1) is 16.8. The second-order valence-corrected chi connectivity index (χ2v) is 7.27. The molecular formula is C21H19NO3S. The highest BCUT2D eigenvalue weighted by Gasteiger charge is 2.26. The summed E-state index contributed by atoms with van der Waals surface area (Å²) in [6.45, 7) is 0. The van der Waals surface area contributed by atoms with Gasteiger partial charge in [-0.05, 0) is 41.7 Å². The highest BCUT2D eigenvalue weighted by atomic mass is 32.1. The lowest BCUT2D eigenvalue weighted by molar-refractivity contribution is 0.0601. The number of nitrogens with zero attached hydrogens (tertiary/aromatic N) is 1. The van der Waals surface area contributed by atoms with E-state index in [1.807, 2.05) is 24.3 Å². The van der Waals surface area contributed by atoms with Gasteiger partial charge in [0, 0.05) is 16.7 Å². The molecule has 4 rings (SSSR count). The summed E-state index contributed by atoms with van der Waals surface area (Å²) in [6, 6.07) is 12.1. The number of fused-ring (bicyclic) bond motifs is 2. The molecule has 0 bridgehead atoms. The number of aryl methyl sites for hydroxylation is 1. The van der Waals surface area contributed by atoms with Crippen molar-refractivity contribution in [3.63, 3.8) is 0 Å². The zero-order valence-electron chi connectivity index (χ0n) is 14.7. The Morgan fingerprint density at radius 2 is 2.00 bits per heavy atom. The summed E-state index contributed by atoms with van der Waals surface area (Å²) in [5, 5.41) is 2.91. The van der Waals surface area contributed by atoms with E-state index in [4.69, 9.17) is 9.47 Å². The van der Waals surface area contributed by atoms with Crippen LogP contribution in [0.4, 0.5) is 5.00 Å². The van der Waals surface area contributed by atoms with E-state index in [9.17, 15) is 4.79 Å². The van der Waals surface area contributed by atoms with E-state index in [0.717, 1.165) is 51.9 Å². The molecule has 0 saturated heterocycles. The molecular weight excluding hydrogens is 346 g/mol. The summed E-state index contributed by atoms with van der Waals surface area (Å²) < 4.78 is 10.5. The average molecular weight is 365 g/mol. The molecule has 0 aliphatic heterocycles. The molecule has 132 valence electrons. The highest BCUT2D eigenvalue weighted by Crippen LogP contribution is 2.41. The molecule has 2 aromatic carbocycles. The number of carbonyl (C=O) groups is 1. The molecule has 0 spiro atoms. The van der Waals surface area contributed by atoms with E-state index in [-0.39, 0.29) is 5.97 Å². The largest absolute Gasteiger partial charge is 0.496 e. The molecule has 1 aliphatic rings. The van der Waals surface area contributed by atoms with Crippen LogP contribution in [0.3, 0.4) is 0 Å². The zero-order valence-corrected chi connectivity index (χ0v) is 15.6. The van der Waals surface area contributed by atoms with Crippen LogP contribution in [0, 0.1) is 0 Å². The standard InChI is InChI=1S/C21H19NO3S/c1-24-17-11-10-13-6-3-4-7-14(13)16(17)12-22-20-19(21(23)25-2)15-8-5-9-18(15)26-20/h3-4,6-7,10-12H,5,8-9H2,1-2H3. The third-order valence-corrected chi connectivity index (χ3v) is 5.95. The van der Waals surface area contributed by atoms with Gasteiger partial charge in [0.25, 0.3) is 0 Å². The Morgan fingerprint density at radius 3 is 2.81 bits per heavy atom. The Morgan fingerprint density at radius 1 is 1.15 bits per heavy atom. The van der Waals surface area contributed by atoms with Gasteiger partial charge in [-0.25, -0.2) is 9.79 Å². The third kappa shape index (κ3) is 2.78. The van der Waals surface area contributed by atoms with Crippen LogP contribution in [0.5, 0.6) is 5.75 Å². The van der Waals surface area contributed by atoms with Gasteiger partial charge in [-0.3, -0.25) is 0 Å². The summed E-state index contributed by atoms with van der Waals surface area (Å²) in [4.78, 5) is 18.2. The van der Waals surface area contributed by atoms with Gasteiger partial charge >= 0.3 is 5.97 Å². The van der Waals surface area contributed by atoms with Crippen molar-refractivity contribution in [3.05, 3.63) is 58.0 Å². The SMILES string of the molecule is COC(=O)c1c(N=Cc2c(OC)ccc3ccccc23)sc2c1CCC2. The van der Waals surface area contributed by atoms with Crippen LogP contribution in [-0.2, 0) is 17.6 Å². The number of methoxy groups -OCH3 is 2. The molecule has 4 nitrogen and oxygen atoms in total. The van der Waals surface area contributed by atoms with Crippen molar-refractivity contribution in [3.8, 4) is 5.75 Å². The molecule has 5 heteroatoms. The minimum atomic E-state index is -0.304. The second-order valence-electron chi connectivity index (χ2n) is 6.19. The molecule has 0 N–H and O–H groups in total. The summed E-state index contributed by atoms with van der Waals surface area (Å²) in [5.74, 6) is 0.456. The molecule has 1 aliphatic carbocycles. The van der Waals surface area contributed by atoms with Gasteiger partial charge in [-0.1, -0.05) is 30.3 Å². The number of thiophene rings is 1. The van der Waals surface area contributed by atoms with Crippen molar-refractivity contribution < 1.29 is 14.3 Å². The Kier molecular flexibility index (Phi) is 4.47. The molecule has 0 saturated carbocycles. The number of hydrogen-bond donors (Lipinski definition) is 0. The number of carbonyl (C=O) groups excluding carboxylic acids is 1. The molecule has 0 fully saturated rings. The quantitative estimate of drug-likeness (QED) is 0.486. The van der Waals surface area contributed by atoms with E-state index in [0.29, 0.717) is 5.56 Å². The monoisotopic (exact) mass is 365 g/mol. The first-order chi connectivity index (χ1) is 12.7. The van der Waals surface area contributed by atoms with E-state index in [2.05, 4.69) is 17.1 Å². The lowest BCUT2D eigenvalue weighted by Gasteiger charge is -2.08. The predicted octanol–water partition coefficient (Wildman–Crippen LogP) is 4.94. The normalized spacial score (nSPS) is 13.3. The number of aliphatic imine (C=N–C) groups is 1. The van der Waals surface area contributed by atoms with Crippen LogP contribution in [0.15, 0.2) is 41.4 Å². The fourth-order valence-electron chi connectivity index (χ4n) is 3.50. The Balaban J connectivity index is 1.83. The molecule has 0 radical (unpaired) electrons. The van der Waals surface area contributed by atoms with Crippen molar-refractivity contribution in [1.29, 1.82) is 0 Å². The molecule has 26 heavy (non-hydrogen) atoms. The van der Waals surface area contributed by atoms with Crippen molar-refractivity contribution in [1.82, 2.24) is 0 Å². The van der Waals surface area contributed by atoms with Crippen molar-refractivity contribution in [2.24, 2.45) is 4.99 Å². The van der Waals surface area contributed by atoms with Crippen molar-refractivity contribution >= 4 is 39.3 Å². The van der Waals surface area contributed by atoms with Crippen LogP contribution in [0.2, 0.25) is 0 Å². The summed E-state index contributed by atoms with van der Waals surface area (Å²) in [6.07, 6.45) is 4.82. The molecule has 3 aromatic rings. The minimum absolute atomic E-state index is 0.304. The highest BCUT2D eigenvalue weighted by molar-refractivity contribution is 7.16. The van der Waals surface area contributed by atoms with Crippen molar-refractivity contribution in [2.45, 2.75) is 19.3 Å². The number of benzene rings is 2. The average Bonchev–Trinajstić information content (AvgIpc) is 3.26. The Hall–Kier alpha value is -2.66. The summed E-state index contributed by atoms with van der Waals surface area (Å²) in [5.41, 5.74) is 2.65. The Labute approximate surface area is 156 Å². The van der Waals surface area contributed by atoms with Gasteiger partial charge in [0.2, 0.25) is 0 Å². The maximum Gasteiger partial charge on any atom is 0.341 e. The maximum absolute atomic E-state index is 12.3. The van der Waals surface area contributed by atoms with E-state index in [1.54, 1.807) is 24.7 Å². The predicted molar refractivity (Wildman–Crippen MR) is 105 cm³/mol. The van der Waals surface area contributed by atoms with Gasteiger partial charge < -0.3 is 9.47 Å². The molecule has 1 aromatic heterocycles. The number of hydrogen-bond acceptors (Lipinski definition) is 5. The topological polar surface area (TPSA) is 47.9 Å². The number of esters is 1. The van der Waals surface area contributed by atoms with Crippen molar-refractivity contribution in [2.75, 3.05) is 14.2 Å². The van der Waals surface area contributed by atoms with Crippen LogP contribution in [-0.4, -0.2) is 26.4 Å².